The lowest BCUT2D eigenvalue weighted by molar-refractivity contribution is -0.125. The Morgan fingerprint density at radius 1 is 1.28 bits per heavy atom. The van der Waals surface area contributed by atoms with Crippen LogP contribution in [-0.2, 0) is 15.0 Å². The van der Waals surface area contributed by atoms with Crippen molar-refractivity contribution in [2.45, 2.75) is 57.5 Å². The van der Waals surface area contributed by atoms with Crippen LogP contribution in [0.2, 0.25) is 0 Å². The Labute approximate surface area is 151 Å². The normalized spacial score (nSPS) is 21.6. The van der Waals surface area contributed by atoms with Gasteiger partial charge in [-0.15, -0.1) is 10.2 Å². The molecule has 3 rings (SSSR count). The minimum absolute atomic E-state index is 0.0205. The summed E-state index contributed by atoms with van der Waals surface area (Å²) >= 11 is 1.38. The van der Waals surface area contributed by atoms with Crippen LogP contribution in [0.1, 0.15) is 45.0 Å². The van der Waals surface area contributed by atoms with Crippen molar-refractivity contribution in [3.8, 4) is 0 Å². The minimum atomic E-state index is -0.252. The fraction of sp³-hybridized carbons (Fsp3) is 0.647. The average molecular weight is 363 g/mol. The number of carbonyl (C=O) groups excluding carboxylic acids is 2. The summed E-state index contributed by atoms with van der Waals surface area (Å²) in [5.41, 5.74) is -0.0899. The van der Waals surface area contributed by atoms with Gasteiger partial charge in [0.25, 0.3) is 0 Å². The Bertz CT molecular complexity index is 671. The number of carbonyl (C=O) groups is 2. The number of rotatable bonds is 6. The van der Waals surface area contributed by atoms with Crippen molar-refractivity contribution in [1.82, 2.24) is 20.8 Å². The molecule has 1 aromatic heterocycles. The molecule has 2 amide bonds. The molecule has 25 heavy (non-hydrogen) atoms. The van der Waals surface area contributed by atoms with E-state index in [1.165, 1.54) is 17.4 Å². The molecule has 0 spiro atoms. The zero-order valence-corrected chi connectivity index (χ0v) is 15.7. The van der Waals surface area contributed by atoms with Crippen LogP contribution >= 0.6 is 11.3 Å². The molecule has 1 aromatic rings. The quantitative estimate of drug-likeness (QED) is 0.667. The molecule has 1 aliphatic heterocycles. The van der Waals surface area contributed by atoms with Gasteiger partial charge in [-0.1, -0.05) is 38.2 Å². The van der Waals surface area contributed by atoms with E-state index >= 15 is 0 Å². The highest BCUT2D eigenvalue weighted by molar-refractivity contribution is 7.15. The lowest BCUT2D eigenvalue weighted by atomic mass is 9.98. The smallest absolute Gasteiger partial charge is 0.249 e. The largest absolute Gasteiger partial charge is 0.348 e. The second-order valence-corrected chi connectivity index (χ2v) is 8.66. The van der Waals surface area contributed by atoms with Gasteiger partial charge in [0.15, 0.2) is 0 Å². The number of hydrogen-bond acceptors (Lipinski definition) is 6. The third kappa shape index (κ3) is 4.85. The van der Waals surface area contributed by atoms with Gasteiger partial charge in [0.2, 0.25) is 16.9 Å². The Kier molecular flexibility index (Phi) is 5.19. The van der Waals surface area contributed by atoms with E-state index in [0.717, 1.165) is 30.8 Å². The van der Waals surface area contributed by atoms with E-state index < -0.39 is 0 Å². The molecule has 136 valence electrons. The van der Waals surface area contributed by atoms with Crippen LogP contribution in [0, 0.1) is 5.92 Å². The summed E-state index contributed by atoms with van der Waals surface area (Å²) in [7, 11) is 0. The van der Waals surface area contributed by atoms with Crippen molar-refractivity contribution >= 4 is 28.3 Å². The van der Waals surface area contributed by atoms with E-state index in [0.29, 0.717) is 11.0 Å². The Morgan fingerprint density at radius 3 is 2.52 bits per heavy atom. The molecular weight excluding hydrogens is 338 g/mol. The second-order valence-electron chi connectivity index (χ2n) is 7.68. The van der Waals surface area contributed by atoms with Crippen molar-refractivity contribution < 1.29 is 9.59 Å². The summed E-state index contributed by atoms with van der Waals surface area (Å²) in [6, 6.07) is -0.166. The molecule has 0 bridgehead atoms. The molecule has 3 N–H and O–H groups in total. The fourth-order valence-electron chi connectivity index (χ4n) is 2.47. The Balaban J connectivity index is 1.54. The van der Waals surface area contributed by atoms with E-state index in [1.807, 2.05) is 0 Å². The molecule has 2 heterocycles. The monoisotopic (exact) mass is 363 g/mol. The Hall–Kier alpha value is -1.80. The average Bonchev–Trinajstić information content (AvgIpc) is 3.19. The van der Waals surface area contributed by atoms with E-state index in [9.17, 15) is 9.59 Å². The van der Waals surface area contributed by atoms with Crippen LogP contribution in [0.15, 0.2) is 12.2 Å². The standard InChI is InChI=1S/C17H25N5O2S/c1-17(2,3)15-21-22-16(25-15)20-13(23)7-6-11(10-4-5-10)19-14(24)12-8-9-18-12/h6-7,10-12,18H,4-5,8-9H2,1-3H3,(H,19,24)(H,20,22,23)/b7-6+/t11-,12?/m1/s1. The van der Waals surface area contributed by atoms with E-state index in [-0.39, 0.29) is 29.3 Å². The van der Waals surface area contributed by atoms with Gasteiger partial charge in [-0.05, 0) is 31.7 Å². The molecule has 7 nitrogen and oxygen atoms in total. The van der Waals surface area contributed by atoms with Gasteiger partial charge in [-0.2, -0.15) is 0 Å². The minimum Gasteiger partial charge on any atom is -0.348 e. The summed E-state index contributed by atoms with van der Waals surface area (Å²) < 4.78 is 0. The first-order chi connectivity index (χ1) is 11.8. The van der Waals surface area contributed by atoms with Crippen LogP contribution in [-0.4, -0.2) is 40.6 Å². The highest BCUT2D eigenvalue weighted by Gasteiger charge is 2.33. The number of nitrogens with one attached hydrogen (secondary N) is 3. The number of anilines is 1. The van der Waals surface area contributed by atoms with Gasteiger partial charge in [0.1, 0.15) is 5.01 Å². The highest BCUT2D eigenvalue weighted by Crippen LogP contribution is 2.33. The topological polar surface area (TPSA) is 96.0 Å². The first-order valence-electron chi connectivity index (χ1n) is 8.70. The zero-order chi connectivity index (χ0) is 18.0. The van der Waals surface area contributed by atoms with Crippen molar-refractivity contribution in [3.63, 3.8) is 0 Å². The lowest BCUT2D eigenvalue weighted by Gasteiger charge is -2.28. The number of hydrogen-bond donors (Lipinski definition) is 3. The summed E-state index contributed by atoms with van der Waals surface area (Å²) in [6.45, 7) is 7.06. The third-order valence-corrected chi connectivity index (χ3v) is 5.60. The zero-order valence-electron chi connectivity index (χ0n) is 14.8. The summed E-state index contributed by atoms with van der Waals surface area (Å²) in [6.07, 6.45) is 6.31. The SMILES string of the molecule is CC(C)(C)c1nnc(NC(=O)/C=C/[C@@H](NC(=O)C2CCN2)C2CC2)s1. The number of nitrogens with zero attached hydrogens (tertiary/aromatic N) is 2. The molecular formula is C17H25N5O2S. The van der Waals surface area contributed by atoms with Crippen LogP contribution < -0.4 is 16.0 Å². The molecule has 1 unspecified atom stereocenters. The van der Waals surface area contributed by atoms with Crippen molar-refractivity contribution in [3.05, 3.63) is 17.2 Å². The maximum atomic E-state index is 12.1. The van der Waals surface area contributed by atoms with E-state index in [2.05, 4.69) is 46.9 Å². The highest BCUT2D eigenvalue weighted by atomic mass is 32.1. The van der Waals surface area contributed by atoms with Crippen LogP contribution in [0.5, 0.6) is 0 Å². The maximum absolute atomic E-state index is 12.1. The molecule has 1 saturated heterocycles. The predicted molar refractivity (Wildman–Crippen MR) is 97.4 cm³/mol. The maximum Gasteiger partial charge on any atom is 0.249 e. The summed E-state index contributed by atoms with van der Waals surface area (Å²) in [5, 5.41) is 18.4. The molecule has 1 aliphatic carbocycles. The van der Waals surface area contributed by atoms with Gasteiger partial charge in [0.05, 0.1) is 12.1 Å². The number of amides is 2. The molecule has 2 aliphatic rings. The van der Waals surface area contributed by atoms with Crippen molar-refractivity contribution in [1.29, 1.82) is 0 Å². The molecule has 0 aromatic carbocycles. The van der Waals surface area contributed by atoms with Gasteiger partial charge < -0.3 is 10.6 Å². The van der Waals surface area contributed by atoms with Gasteiger partial charge >= 0.3 is 0 Å². The molecule has 2 fully saturated rings. The molecule has 1 saturated carbocycles. The van der Waals surface area contributed by atoms with Crippen molar-refractivity contribution in [2.75, 3.05) is 11.9 Å². The summed E-state index contributed by atoms with van der Waals surface area (Å²) in [5.74, 6) is 0.201. The third-order valence-electron chi connectivity index (χ3n) is 4.33. The number of aromatic nitrogens is 2. The van der Waals surface area contributed by atoms with Crippen molar-refractivity contribution in [2.24, 2.45) is 5.92 Å². The molecule has 0 radical (unpaired) electrons. The fourth-order valence-corrected chi connectivity index (χ4v) is 3.27. The van der Waals surface area contributed by atoms with Gasteiger partial charge in [-0.3, -0.25) is 14.9 Å². The lowest BCUT2D eigenvalue weighted by Crippen LogP contribution is -2.55. The van der Waals surface area contributed by atoms with Crippen LogP contribution in [0.4, 0.5) is 5.13 Å². The summed E-state index contributed by atoms with van der Waals surface area (Å²) in [4.78, 5) is 24.2. The second kappa shape index (κ2) is 7.21. The van der Waals surface area contributed by atoms with E-state index in [1.54, 1.807) is 6.08 Å². The predicted octanol–water partition coefficient (Wildman–Crippen LogP) is 1.59. The molecule has 2 atom stereocenters. The Morgan fingerprint density at radius 2 is 2.00 bits per heavy atom. The first kappa shape index (κ1) is 18.0. The van der Waals surface area contributed by atoms with Gasteiger partial charge in [-0.25, -0.2) is 0 Å². The molecule has 8 heteroatoms. The van der Waals surface area contributed by atoms with E-state index in [4.69, 9.17) is 0 Å². The first-order valence-corrected chi connectivity index (χ1v) is 9.51. The van der Waals surface area contributed by atoms with Crippen LogP contribution in [0.25, 0.3) is 0 Å². The van der Waals surface area contributed by atoms with Gasteiger partial charge in [0, 0.05) is 11.5 Å². The van der Waals surface area contributed by atoms with Crippen LogP contribution in [0.3, 0.4) is 0 Å².